The highest BCUT2D eigenvalue weighted by molar-refractivity contribution is 5.92. The van der Waals surface area contributed by atoms with Crippen molar-refractivity contribution in [2.24, 2.45) is 0 Å². The number of hydrogen-bond acceptors (Lipinski definition) is 4. The van der Waals surface area contributed by atoms with Gasteiger partial charge in [-0.3, -0.25) is 14.7 Å². The number of benzene rings is 1. The van der Waals surface area contributed by atoms with Crippen molar-refractivity contribution in [2.75, 3.05) is 44.2 Å². The van der Waals surface area contributed by atoms with Crippen LogP contribution in [0.2, 0.25) is 0 Å². The molecule has 5 nitrogen and oxygen atoms in total. The predicted molar refractivity (Wildman–Crippen MR) is 93.5 cm³/mol. The first-order valence-corrected chi connectivity index (χ1v) is 8.17. The van der Waals surface area contributed by atoms with Crippen LogP contribution in [0.25, 0.3) is 10.9 Å². The first-order valence-electron chi connectivity index (χ1n) is 8.17. The fourth-order valence-corrected chi connectivity index (χ4v) is 3.03. The van der Waals surface area contributed by atoms with E-state index >= 15 is 0 Å². The Morgan fingerprint density at radius 3 is 2.64 bits per heavy atom. The molecule has 0 bridgehead atoms. The number of amides is 1. The number of fused-ring (bicyclic) bond motifs is 1. The molecule has 1 saturated heterocycles. The zero-order chi connectivity index (χ0) is 17.8. The molecule has 0 spiro atoms. The Labute approximate surface area is 144 Å². The summed E-state index contributed by atoms with van der Waals surface area (Å²) in [7, 11) is 0. The summed E-state index contributed by atoms with van der Waals surface area (Å²) in [5.74, 6) is -1.06. The first kappa shape index (κ1) is 17.3. The number of anilines is 1. The number of nitrogens with zero attached hydrogens (tertiary/aromatic N) is 3. The molecular formula is C18H20F2N4O. The number of carbonyl (C=O) groups excluding carboxylic acids is 1. The molecular weight excluding hydrogens is 326 g/mol. The monoisotopic (exact) mass is 346 g/mol. The van der Waals surface area contributed by atoms with Crippen LogP contribution in [-0.4, -0.2) is 55.1 Å². The van der Waals surface area contributed by atoms with Gasteiger partial charge >= 0.3 is 0 Å². The third-order valence-corrected chi connectivity index (χ3v) is 4.29. The highest BCUT2D eigenvalue weighted by atomic mass is 19.1. The van der Waals surface area contributed by atoms with Crippen LogP contribution < -0.4 is 10.2 Å². The highest BCUT2D eigenvalue weighted by Gasteiger charge is 2.22. The van der Waals surface area contributed by atoms with Crippen LogP contribution in [0.4, 0.5) is 14.5 Å². The van der Waals surface area contributed by atoms with Crippen LogP contribution in [0.1, 0.15) is 0 Å². The predicted octanol–water partition coefficient (Wildman–Crippen LogP) is 1.94. The number of halogens is 2. The topological polar surface area (TPSA) is 48.5 Å². The lowest BCUT2D eigenvalue weighted by Gasteiger charge is -2.36. The molecule has 1 aliphatic heterocycles. The lowest BCUT2D eigenvalue weighted by atomic mass is 10.1. The van der Waals surface area contributed by atoms with Crippen LogP contribution >= 0.6 is 0 Å². The van der Waals surface area contributed by atoms with E-state index in [2.05, 4.69) is 16.9 Å². The van der Waals surface area contributed by atoms with Gasteiger partial charge in [0.15, 0.2) is 0 Å². The van der Waals surface area contributed by atoms with Gasteiger partial charge < -0.3 is 10.2 Å². The number of hydrogen-bond donors (Lipinski definition) is 1. The summed E-state index contributed by atoms with van der Waals surface area (Å²) < 4.78 is 28.2. The van der Waals surface area contributed by atoms with E-state index in [1.54, 1.807) is 12.1 Å². The summed E-state index contributed by atoms with van der Waals surface area (Å²) >= 11 is 0. The Kier molecular flexibility index (Phi) is 5.23. The van der Waals surface area contributed by atoms with Gasteiger partial charge in [-0.1, -0.05) is 6.08 Å². The lowest BCUT2D eigenvalue weighted by molar-refractivity contribution is -0.122. The second kappa shape index (κ2) is 7.57. The van der Waals surface area contributed by atoms with Gasteiger partial charge in [0.25, 0.3) is 0 Å². The van der Waals surface area contributed by atoms with Gasteiger partial charge in [-0.25, -0.2) is 8.78 Å². The Morgan fingerprint density at radius 2 is 1.92 bits per heavy atom. The van der Waals surface area contributed by atoms with Gasteiger partial charge in [-0.05, 0) is 18.2 Å². The summed E-state index contributed by atoms with van der Waals surface area (Å²) in [6, 6.07) is 3.93. The molecule has 25 heavy (non-hydrogen) atoms. The second-order valence-corrected chi connectivity index (χ2v) is 5.94. The van der Waals surface area contributed by atoms with Crippen LogP contribution in [0.15, 0.2) is 37.1 Å². The molecule has 0 radical (unpaired) electrons. The molecule has 1 N–H and O–H groups in total. The molecule has 1 aromatic heterocycles. The number of nitrogens with one attached hydrogen (secondary N) is 1. The second-order valence-electron chi connectivity index (χ2n) is 5.94. The van der Waals surface area contributed by atoms with Crippen molar-refractivity contribution in [2.45, 2.75) is 0 Å². The highest BCUT2D eigenvalue weighted by Crippen LogP contribution is 2.30. The molecule has 2 heterocycles. The van der Waals surface area contributed by atoms with Gasteiger partial charge in [0, 0.05) is 38.9 Å². The van der Waals surface area contributed by atoms with Crippen LogP contribution in [0, 0.1) is 11.6 Å². The number of rotatable bonds is 5. The van der Waals surface area contributed by atoms with Crippen molar-refractivity contribution >= 4 is 22.5 Å². The van der Waals surface area contributed by atoms with Crippen molar-refractivity contribution in [3.8, 4) is 0 Å². The number of carbonyl (C=O) groups is 1. The SMILES string of the molecule is C=CCNC(=O)CN1CCN(c2ccnc3c(F)ccc(F)c23)CC1. The molecule has 1 amide bonds. The quantitative estimate of drug-likeness (QED) is 0.841. The molecule has 0 aliphatic carbocycles. The van der Waals surface area contributed by atoms with Crippen molar-refractivity contribution in [1.29, 1.82) is 0 Å². The third kappa shape index (κ3) is 3.76. The normalized spacial score (nSPS) is 15.4. The van der Waals surface area contributed by atoms with Crippen LogP contribution in [-0.2, 0) is 4.79 Å². The summed E-state index contributed by atoms with van der Waals surface area (Å²) in [5, 5.41) is 2.96. The van der Waals surface area contributed by atoms with Crippen molar-refractivity contribution in [1.82, 2.24) is 15.2 Å². The standard InChI is InChI=1S/C18H20F2N4O/c1-2-6-21-16(25)12-23-8-10-24(11-9-23)15-5-7-22-18-14(20)4-3-13(19)17(15)18/h2-5,7H,1,6,8-12H2,(H,21,25). The maximum atomic E-state index is 14.2. The maximum absolute atomic E-state index is 14.2. The van der Waals surface area contributed by atoms with Gasteiger partial charge in [0.2, 0.25) is 5.91 Å². The minimum Gasteiger partial charge on any atom is -0.368 e. The molecule has 0 unspecified atom stereocenters. The molecule has 7 heteroatoms. The Morgan fingerprint density at radius 1 is 1.20 bits per heavy atom. The number of pyridine rings is 1. The van der Waals surface area contributed by atoms with E-state index in [1.807, 2.05) is 9.80 Å². The molecule has 1 aliphatic rings. The van der Waals surface area contributed by atoms with Crippen molar-refractivity contribution in [3.05, 3.63) is 48.7 Å². The molecule has 132 valence electrons. The van der Waals surface area contributed by atoms with E-state index in [0.717, 1.165) is 12.1 Å². The molecule has 0 atom stereocenters. The smallest absolute Gasteiger partial charge is 0.234 e. The van der Waals surface area contributed by atoms with E-state index in [1.165, 1.54) is 6.20 Å². The Hall–Kier alpha value is -2.54. The summed E-state index contributed by atoms with van der Waals surface area (Å²) in [6.45, 7) is 6.93. The van der Waals surface area contributed by atoms with Gasteiger partial charge in [0.1, 0.15) is 17.2 Å². The molecule has 0 saturated carbocycles. The lowest BCUT2D eigenvalue weighted by Crippen LogP contribution is -2.49. The summed E-state index contributed by atoms with van der Waals surface area (Å²) in [4.78, 5) is 19.8. The maximum Gasteiger partial charge on any atom is 0.234 e. The van der Waals surface area contributed by atoms with E-state index < -0.39 is 11.6 Å². The fourth-order valence-electron chi connectivity index (χ4n) is 3.03. The summed E-state index contributed by atoms with van der Waals surface area (Å²) in [5.41, 5.74) is 0.682. The third-order valence-electron chi connectivity index (χ3n) is 4.29. The number of piperazine rings is 1. The van der Waals surface area contributed by atoms with E-state index in [4.69, 9.17) is 0 Å². The largest absolute Gasteiger partial charge is 0.368 e. The molecule has 1 aromatic carbocycles. The number of aromatic nitrogens is 1. The van der Waals surface area contributed by atoms with Crippen molar-refractivity contribution in [3.63, 3.8) is 0 Å². The van der Waals surface area contributed by atoms with E-state index in [-0.39, 0.29) is 16.8 Å². The van der Waals surface area contributed by atoms with Crippen molar-refractivity contribution < 1.29 is 13.6 Å². The van der Waals surface area contributed by atoms with Crippen LogP contribution in [0.3, 0.4) is 0 Å². The minimum atomic E-state index is -0.532. The molecule has 3 rings (SSSR count). The Bertz CT molecular complexity index is 788. The molecule has 1 fully saturated rings. The molecule has 2 aromatic rings. The average Bonchev–Trinajstić information content (AvgIpc) is 2.63. The van der Waals surface area contributed by atoms with E-state index in [0.29, 0.717) is 45.0 Å². The summed E-state index contributed by atoms with van der Waals surface area (Å²) in [6.07, 6.45) is 3.13. The van der Waals surface area contributed by atoms with Gasteiger partial charge in [-0.2, -0.15) is 0 Å². The zero-order valence-corrected chi connectivity index (χ0v) is 13.8. The fraction of sp³-hybridized carbons (Fsp3) is 0.333. The van der Waals surface area contributed by atoms with Gasteiger partial charge in [0.05, 0.1) is 17.6 Å². The zero-order valence-electron chi connectivity index (χ0n) is 13.8. The van der Waals surface area contributed by atoms with E-state index in [9.17, 15) is 13.6 Å². The van der Waals surface area contributed by atoms with Gasteiger partial charge in [-0.15, -0.1) is 6.58 Å². The minimum absolute atomic E-state index is 0.0451. The Balaban J connectivity index is 1.71. The van der Waals surface area contributed by atoms with Crippen LogP contribution in [0.5, 0.6) is 0 Å². The first-order chi connectivity index (χ1) is 12.1. The average molecular weight is 346 g/mol.